The predicted molar refractivity (Wildman–Crippen MR) is 256 cm³/mol. The average Bonchev–Trinajstić information content (AvgIpc) is 3.79. The summed E-state index contributed by atoms with van der Waals surface area (Å²) in [5.74, 6) is -9.63. The van der Waals surface area contributed by atoms with Crippen LogP contribution in [0.4, 0.5) is 0 Å². The van der Waals surface area contributed by atoms with Crippen LogP contribution in [0.3, 0.4) is 0 Å². The quantitative estimate of drug-likeness (QED) is 0.0328. The third-order valence-corrected chi connectivity index (χ3v) is 11.6. The summed E-state index contributed by atoms with van der Waals surface area (Å²) in [6.45, 7) is 7.51. The topological polar surface area (TPSA) is 417 Å². The average molecular weight is 989 g/mol. The van der Waals surface area contributed by atoms with Gasteiger partial charge in [-0.2, -0.15) is 0 Å². The fraction of sp³-hybridized carbons (Fsp3) is 0.652. The monoisotopic (exact) mass is 989 g/mol. The number of benzene rings is 1. The number of hydrogen-bond donors (Lipinski definition) is 13. The number of aromatic hydroxyl groups is 1. The van der Waals surface area contributed by atoms with Crippen LogP contribution in [0.5, 0.6) is 5.75 Å². The van der Waals surface area contributed by atoms with E-state index in [2.05, 4.69) is 31.9 Å². The van der Waals surface area contributed by atoms with Crippen LogP contribution in [0.1, 0.15) is 110 Å². The van der Waals surface area contributed by atoms with Crippen molar-refractivity contribution < 1.29 is 58.2 Å². The van der Waals surface area contributed by atoms with E-state index in [0.29, 0.717) is 57.2 Å². The van der Waals surface area contributed by atoms with Crippen molar-refractivity contribution in [3.05, 3.63) is 29.8 Å². The maximum atomic E-state index is 14.3. The first kappa shape index (κ1) is 59.7. The van der Waals surface area contributed by atoms with E-state index < -0.39 is 120 Å². The highest BCUT2D eigenvalue weighted by Crippen LogP contribution is 2.22. The lowest BCUT2D eigenvalue weighted by Gasteiger charge is -2.32. The van der Waals surface area contributed by atoms with Crippen molar-refractivity contribution in [2.45, 2.75) is 160 Å². The molecule has 1 fully saturated rings. The van der Waals surface area contributed by atoms with Gasteiger partial charge in [0.05, 0.1) is 12.5 Å². The zero-order chi connectivity index (χ0) is 52.7. The van der Waals surface area contributed by atoms with Gasteiger partial charge in [-0.25, -0.2) is 4.79 Å². The highest BCUT2D eigenvalue weighted by Gasteiger charge is 2.41. The van der Waals surface area contributed by atoms with Crippen LogP contribution in [0, 0.1) is 11.8 Å². The fourth-order valence-electron chi connectivity index (χ4n) is 7.75. The molecule has 1 aliphatic rings. The molecule has 0 bridgehead atoms. The molecule has 0 aliphatic carbocycles. The van der Waals surface area contributed by atoms with E-state index in [1.165, 1.54) is 29.2 Å². The van der Waals surface area contributed by atoms with Crippen molar-refractivity contribution in [3.63, 3.8) is 0 Å². The van der Waals surface area contributed by atoms with E-state index in [4.69, 9.17) is 28.7 Å². The Labute approximate surface area is 408 Å². The number of amides is 9. The molecule has 1 aromatic rings. The fourth-order valence-corrected chi connectivity index (χ4v) is 7.75. The summed E-state index contributed by atoms with van der Waals surface area (Å²) in [7, 11) is 0. The Morgan fingerprint density at radius 2 is 1.19 bits per heavy atom. The van der Waals surface area contributed by atoms with E-state index in [9.17, 15) is 58.2 Å². The van der Waals surface area contributed by atoms with Crippen LogP contribution in [0.15, 0.2) is 24.3 Å². The zero-order valence-electron chi connectivity index (χ0n) is 40.7. The van der Waals surface area contributed by atoms with Gasteiger partial charge >= 0.3 is 5.97 Å². The third-order valence-electron chi connectivity index (χ3n) is 11.6. The lowest BCUT2D eigenvalue weighted by Crippen LogP contribution is -2.61. The second kappa shape index (κ2) is 30.3. The van der Waals surface area contributed by atoms with E-state index in [0.717, 1.165) is 0 Å². The number of carbonyl (C=O) groups is 10. The minimum absolute atomic E-state index is 0.0532. The van der Waals surface area contributed by atoms with E-state index in [1.807, 2.05) is 0 Å². The maximum Gasteiger partial charge on any atom is 0.326 e. The molecule has 0 aromatic heterocycles. The van der Waals surface area contributed by atoms with Crippen LogP contribution >= 0.6 is 0 Å². The van der Waals surface area contributed by atoms with E-state index in [1.54, 1.807) is 27.7 Å². The molecule has 24 nitrogen and oxygen atoms in total. The Kier molecular flexibility index (Phi) is 25.8. The molecule has 1 saturated heterocycles. The molecule has 70 heavy (non-hydrogen) atoms. The summed E-state index contributed by atoms with van der Waals surface area (Å²) in [5, 5.41) is 34.9. The van der Waals surface area contributed by atoms with Gasteiger partial charge in [0.25, 0.3) is 0 Å². The molecular formula is C46H76N12O12. The molecule has 8 atom stereocenters. The number of unbranched alkanes of at least 4 members (excludes halogenated alkanes) is 2. The van der Waals surface area contributed by atoms with Crippen LogP contribution in [0.25, 0.3) is 0 Å². The van der Waals surface area contributed by atoms with Gasteiger partial charge in [-0.1, -0.05) is 46.2 Å². The molecule has 392 valence electrons. The normalized spacial score (nSPS) is 16.4. The third kappa shape index (κ3) is 20.7. The maximum absolute atomic E-state index is 14.3. The molecule has 9 amide bonds. The van der Waals surface area contributed by atoms with Crippen molar-refractivity contribution in [1.29, 1.82) is 0 Å². The van der Waals surface area contributed by atoms with Crippen LogP contribution in [-0.2, 0) is 54.4 Å². The minimum atomic E-state index is -1.70. The van der Waals surface area contributed by atoms with Crippen LogP contribution in [0.2, 0.25) is 0 Å². The first-order valence-electron chi connectivity index (χ1n) is 23.8. The summed E-state index contributed by atoms with van der Waals surface area (Å²) in [6.07, 6.45) is 1.60. The number of nitrogens with one attached hydrogen (secondary N) is 6. The van der Waals surface area contributed by atoms with Gasteiger partial charge in [0.1, 0.15) is 48.0 Å². The molecule has 0 saturated carbocycles. The Morgan fingerprint density at radius 1 is 0.657 bits per heavy atom. The molecule has 0 unspecified atom stereocenters. The van der Waals surface area contributed by atoms with Crippen molar-refractivity contribution in [1.82, 2.24) is 36.8 Å². The van der Waals surface area contributed by atoms with Gasteiger partial charge in [-0.3, -0.25) is 43.2 Å². The first-order chi connectivity index (χ1) is 33.0. The number of carbonyl (C=O) groups excluding carboxylic acids is 9. The summed E-state index contributed by atoms with van der Waals surface area (Å²) >= 11 is 0. The van der Waals surface area contributed by atoms with Gasteiger partial charge < -0.3 is 75.7 Å². The molecule has 1 aliphatic heterocycles. The number of phenolic OH excluding ortho intramolecular Hbond substituents is 1. The largest absolute Gasteiger partial charge is 0.508 e. The summed E-state index contributed by atoms with van der Waals surface area (Å²) < 4.78 is 0. The van der Waals surface area contributed by atoms with Gasteiger partial charge in [0.15, 0.2) is 0 Å². The number of carboxylic acids is 1. The van der Waals surface area contributed by atoms with Gasteiger partial charge in [0, 0.05) is 19.4 Å². The van der Waals surface area contributed by atoms with E-state index in [-0.39, 0.29) is 56.7 Å². The second-order valence-corrected chi connectivity index (χ2v) is 18.4. The minimum Gasteiger partial charge on any atom is -0.508 e. The van der Waals surface area contributed by atoms with Gasteiger partial charge in [-0.05, 0) is 100 Å². The van der Waals surface area contributed by atoms with Crippen molar-refractivity contribution in [2.75, 3.05) is 19.6 Å². The van der Waals surface area contributed by atoms with Crippen molar-refractivity contribution in [3.8, 4) is 5.75 Å². The summed E-state index contributed by atoms with van der Waals surface area (Å²) in [6, 6.07) is -4.74. The predicted octanol–water partition coefficient (Wildman–Crippen LogP) is -2.65. The molecule has 2 rings (SSSR count). The number of nitrogens with zero attached hydrogens (tertiary/aromatic N) is 1. The first-order valence-corrected chi connectivity index (χ1v) is 23.8. The summed E-state index contributed by atoms with van der Waals surface area (Å²) in [5.41, 5.74) is 28.7. The number of primary amides is 2. The highest BCUT2D eigenvalue weighted by molar-refractivity contribution is 5.99. The zero-order valence-corrected chi connectivity index (χ0v) is 40.7. The van der Waals surface area contributed by atoms with Crippen LogP contribution in [-0.4, -0.2) is 142 Å². The molecule has 18 N–H and O–H groups in total. The number of nitrogens with two attached hydrogens (primary N) is 5. The summed E-state index contributed by atoms with van der Waals surface area (Å²) in [4.78, 5) is 134. The van der Waals surface area contributed by atoms with E-state index >= 15 is 0 Å². The lowest BCUT2D eigenvalue weighted by atomic mass is 10.00. The molecule has 0 radical (unpaired) electrons. The van der Waals surface area contributed by atoms with Gasteiger partial charge in [-0.15, -0.1) is 0 Å². The molecule has 0 spiro atoms. The Balaban J connectivity index is 2.40. The molecular weight excluding hydrogens is 913 g/mol. The number of hydrogen-bond acceptors (Lipinski definition) is 14. The number of phenols is 1. The molecule has 24 heteroatoms. The standard InChI is InChI=1S/C46H76N12O12/c1-25(2)22-34(46(69)70)56-41(64)31(17-18-36(50)60)53-44(67)35-12-9-21-58(35)45(68)38(26(3)4)57-43(66)33(24-37(51)61)55-42(65)32(23-27-13-15-28(59)16-14-27)54-40(63)30(11-6-8-20-48)52-39(62)29(49)10-5-7-19-47/h13-16,25-26,29-35,38,59H,5-12,17-24,47-49H2,1-4H3,(H2,50,60)(H2,51,61)(H,52,62)(H,53,67)(H,54,63)(H,55,65)(H,56,64)(H,57,66)(H,69,70)/t29-,30-,31-,32-,33-,34-,35-,38-/m0/s1. The van der Waals surface area contributed by atoms with Crippen molar-refractivity contribution in [2.24, 2.45) is 40.5 Å². The Morgan fingerprint density at radius 3 is 1.73 bits per heavy atom. The molecule has 1 heterocycles. The Hall–Kier alpha value is -6.40. The molecule has 1 aromatic carbocycles. The number of rotatable bonds is 32. The second-order valence-electron chi connectivity index (χ2n) is 18.4. The number of carboxylic acid groups (broad SMARTS) is 1. The lowest BCUT2D eigenvalue weighted by molar-refractivity contribution is -0.144. The Bertz CT molecular complexity index is 1950. The number of aliphatic carboxylic acids is 1. The SMILES string of the molecule is CC(C)C[C@H](NC(=O)[C@H](CCC(N)=O)NC(=O)[C@@H]1CCCN1C(=O)[C@@H](NC(=O)[C@H](CC(N)=O)NC(=O)[C@H](Cc1ccc(O)cc1)NC(=O)[C@H](CCCCN)NC(=O)[C@@H](N)CCCCN)C(C)C)C(=O)O. The van der Waals surface area contributed by atoms with Gasteiger partial charge in [0.2, 0.25) is 53.2 Å². The van der Waals surface area contributed by atoms with Crippen LogP contribution < -0.4 is 60.6 Å². The number of likely N-dealkylation sites (tertiary alicyclic amines) is 1. The van der Waals surface area contributed by atoms with Crippen molar-refractivity contribution >= 4 is 59.1 Å². The smallest absolute Gasteiger partial charge is 0.326 e. The highest BCUT2D eigenvalue weighted by atomic mass is 16.4.